The molecular weight excluding hydrogens is 409 g/mol. The van der Waals surface area contributed by atoms with Crippen LogP contribution in [0, 0.1) is 5.82 Å². The minimum atomic E-state index is -0.660. The number of rotatable bonds is 4. The summed E-state index contributed by atoms with van der Waals surface area (Å²) >= 11 is 0. The highest BCUT2D eigenvalue weighted by Crippen LogP contribution is 2.38. The van der Waals surface area contributed by atoms with Crippen LogP contribution in [0.25, 0.3) is 10.8 Å². The van der Waals surface area contributed by atoms with E-state index < -0.39 is 17.8 Å². The largest absolute Gasteiger partial charge is 0.388 e. The smallest absolute Gasteiger partial charge is 0.272 e. The molecule has 1 aliphatic carbocycles. The van der Waals surface area contributed by atoms with Crippen molar-refractivity contribution < 1.29 is 14.3 Å². The predicted molar refractivity (Wildman–Crippen MR) is 118 cm³/mol. The number of aromatic nitrogens is 2. The highest BCUT2D eigenvalue weighted by molar-refractivity contribution is 5.95. The second-order valence-corrected chi connectivity index (χ2v) is 7.94. The van der Waals surface area contributed by atoms with Crippen LogP contribution in [0.4, 0.5) is 4.39 Å². The lowest BCUT2D eigenvalue weighted by Gasteiger charge is -2.15. The molecule has 5 rings (SSSR count). The number of aliphatic hydroxyl groups is 1. The van der Waals surface area contributed by atoms with Crippen LogP contribution in [-0.2, 0) is 6.42 Å². The van der Waals surface area contributed by atoms with E-state index in [1.54, 1.807) is 18.2 Å². The number of amides is 1. The Morgan fingerprint density at radius 1 is 1.06 bits per heavy atom. The zero-order chi connectivity index (χ0) is 22.2. The maximum atomic E-state index is 14.5. The van der Waals surface area contributed by atoms with Gasteiger partial charge in [0.05, 0.1) is 28.8 Å². The number of carbonyl (C=O) groups is 1. The normalized spacial score (nSPS) is 17.3. The Kier molecular flexibility index (Phi) is 5.03. The molecule has 0 unspecified atom stereocenters. The van der Waals surface area contributed by atoms with Crippen molar-refractivity contribution in [2.45, 2.75) is 25.0 Å². The molecule has 2 atom stereocenters. The van der Waals surface area contributed by atoms with E-state index in [1.165, 1.54) is 12.1 Å². The lowest BCUT2D eigenvalue weighted by atomic mass is 10.0. The van der Waals surface area contributed by atoms with Crippen molar-refractivity contribution in [1.29, 1.82) is 0 Å². The van der Waals surface area contributed by atoms with Crippen molar-refractivity contribution in [2.75, 3.05) is 0 Å². The van der Waals surface area contributed by atoms with E-state index in [9.17, 15) is 19.1 Å². The second kappa shape index (κ2) is 8.01. The summed E-state index contributed by atoms with van der Waals surface area (Å²) in [4.78, 5) is 24.9. The molecule has 7 heteroatoms. The minimum absolute atomic E-state index is 0.0740. The lowest BCUT2D eigenvalue weighted by Crippen LogP contribution is -2.28. The molecule has 0 spiro atoms. The lowest BCUT2D eigenvalue weighted by molar-refractivity contribution is 0.0920. The molecule has 32 heavy (non-hydrogen) atoms. The summed E-state index contributed by atoms with van der Waals surface area (Å²) in [6.45, 7) is 0. The van der Waals surface area contributed by atoms with E-state index in [-0.39, 0.29) is 17.2 Å². The van der Waals surface area contributed by atoms with Crippen molar-refractivity contribution >= 4 is 16.7 Å². The van der Waals surface area contributed by atoms with Crippen LogP contribution in [0.3, 0.4) is 0 Å². The number of aliphatic hydroxyl groups excluding tert-OH is 1. The Balaban J connectivity index is 1.42. The zero-order valence-electron chi connectivity index (χ0n) is 17.0. The van der Waals surface area contributed by atoms with Gasteiger partial charge in [-0.15, -0.1) is 0 Å². The molecule has 1 amide bonds. The first-order valence-electron chi connectivity index (χ1n) is 10.3. The maximum absolute atomic E-state index is 14.5. The number of carbonyl (C=O) groups excluding carboxylic acids is 1. The summed E-state index contributed by atoms with van der Waals surface area (Å²) in [5, 5.41) is 21.0. The fraction of sp³-hybridized carbons (Fsp3) is 0.160. The Hall–Kier alpha value is -3.84. The van der Waals surface area contributed by atoms with E-state index in [0.29, 0.717) is 34.9 Å². The number of nitrogens with one attached hydrogen (secondary N) is 2. The highest BCUT2D eigenvalue weighted by atomic mass is 19.1. The molecule has 0 saturated carbocycles. The number of hydrogen-bond donors (Lipinski definition) is 3. The van der Waals surface area contributed by atoms with Crippen molar-refractivity contribution in [2.24, 2.45) is 0 Å². The Morgan fingerprint density at radius 3 is 2.59 bits per heavy atom. The monoisotopic (exact) mass is 429 g/mol. The number of nitrogens with zero attached hydrogens (tertiary/aromatic N) is 1. The summed E-state index contributed by atoms with van der Waals surface area (Å²) in [5.74, 6) is -1.17. The third-order valence-corrected chi connectivity index (χ3v) is 5.92. The highest BCUT2D eigenvalue weighted by Gasteiger charge is 2.31. The average molecular weight is 429 g/mol. The van der Waals surface area contributed by atoms with Crippen LogP contribution >= 0.6 is 0 Å². The molecule has 0 bridgehead atoms. The number of halogens is 1. The molecule has 4 aromatic rings. The minimum Gasteiger partial charge on any atom is -0.388 e. The first-order chi connectivity index (χ1) is 15.5. The van der Waals surface area contributed by atoms with Crippen molar-refractivity contribution in [3.63, 3.8) is 0 Å². The topological polar surface area (TPSA) is 95.1 Å². The van der Waals surface area contributed by atoms with E-state index >= 15 is 0 Å². The van der Waals surface area contributed by atoms with Crippen LogP contribution in [0.1, 0.15) is 51.3 Å². The van der Waals surface area contributed by atoms with Crippen molar-refractivity contribution in [3.8, 4) is 0 Å². The summed E-state index contributed by atoms with van der Waals surface area (Å²) in [7, 11) is 0. The number of H-pyrrole nitrogens is 1. The van der Waals surface area contributed by atoms with E-state index in [2.05, 4.69) is 15.5 Å². The summed E-state index contributed by atoms with van der Waals surface area (Å²) in [5.41, 5.74) is 2.59. The first kappa shape index (κ1) is 20.1. The molecule has 0 aliphatic heterocycles. The summed E-state index contributed by atoms with van der Waals surface area (Å²) in [6.07, 6.45) is 0.00923. The van der Waals surface area contributed by atoms with Gasteiger partial charge in [0.1, 0.15) is 5.82 Å². The Morgan fingerprint density at radius 2 is 1.78 bits per heavy atom. The van der Waals surface area contributed by atoms with Gasteiger partial charge in [0.25, 0.3) is 11.5 Å². The fourth-order valence-electron chi connectivity index (χ4n) is 4.34. The van der Waals surface area contributed by atoms with Crippen LogP contribution in [0.15, 0.2) is 71.5 Å². The van der Waals surface area contributed by atoms with Crippen LogP contribution < -0.4 is 10.9 Å². The molecule has 0 radical (unpaired) electrons. The number of fused-ring (bicyclic) bond motifs is 2. The van der Waals surface area contributed by atoms with Crippen molar-refractivity contribution in [3.05, 3.63) is 111 Å². The quantitative estimate of drug-likeness (QED) is 0.462. The SMILES string of the molecule is O=C(N[C@@H]1C[C@H](O)c2ccccc21)c1cc(Cc2n[nH]c(=O)c3ccccc23)ccc1F. The van der Waals surface area contributed by atoms with Gasteiger partial charge < -0.3 is 10.4 Å². The Bertz CT molecular complexity index is 1400. The molecule has 3 N–H and O–H groups in total. The molecule has 6 nitrogen and oxygen atoms in total. The molecule has 1 aromatic heterocycles. The van der Waals surface area contributed by atoms with Crippen LogP contribution in [0.2, 0.25) is 0 Å². The predicted octanol–water partition coefficient (Wildman–Crippen LogP) is 3.56. The van der Waals surface area contributed by atoms with Crippen molar-refractivity contribution in [1.82, 2.24) is 15.5 Å². The van der Waals surface area contributed by atoms with Gasteiger partial charge in [0.15, 0.2) is 0 Å². The van der Waals surface area contributed by atoms with Gasteiger partial charge in [0, 0.05) is 18.2 Å². The molecule has 0 saturated heterocycles. The molecule has 3 aromatic carbocycles. The molecule has 0 fully saturated rings. The van der Waals surface area contributed by atoms with Crippen LogP contribution in [0.5, 0.6) is 0 Å². The van der Waals surface area contributed by atoms with Gasteiger partial charge in [-0.3, -0.25) is 9.59 Å². The maximum Gasteiger partial charge on any atom is 0.272 e. The fourth-order valence-corrected chi connectivity index (χ4v) is 4.34. The van der Waals surface area contributed by atoms with Gasteiger partial charge in [-0.2, -0.15) is 5.10 Å². The summed E-state index contributed by atoms with van der Waals surface area (Å²) in [6, 6.07) is 18.5. The van der Waals surface area contributed by atoms with Gasteiger partial charge >= 0.3 is 0 Å². The van der Waals surface area contributed by atoms with Gasteiger partial charge in [-0.1, -0.05) is 48.5 Å². The van der Waals surface area contributed by atoms with E-state index in [0.717, 1.165) is 11.1 Å². The van der Waals surface area contributed by atoms with E-state index in [1.807, 2.05) is 36.4 Å². The first-order valence-corrected chi connectivity index (χ1v) is 10.3. The summed E-state index contributed by atoms with van der Waals surface area (Å²) < 4.78 is 14.5. The molecule has 1 heterocycles. The van der Waals surface area contributed by atoms with Crippen LogP contribution in [-0.4, -0.2) is 21.2 Å². The number of hydrogen-bond acceptors (Lipinski definition) is 4. The average Bonchev–Trinajstić information content (AvgIpc) is 3.12. The molecular formula is C25H20FN3O3. The standard InChI is InChI=1S/C25H20FN3O3/c26-20-10-9-14(12-22-16-6-2-4-8-18(16)25(32)29-28-22)11-19(20)24(31)27-21-13-23(30)17-7-3-1-5-15(17)21/h1-11,21,23,30H,12-13H2,(H,27,31)(H,29,32)/t21-,23+/m1/s1. The van der Waals surface area contributed by atoms with E-state index in [4.69, 9.17) is 0 Å². The third kappa shape index (κ3) is 3.56. The Labute approximate surface area is 182 Å². The second-order valence-electron chi connectivity index (χ2n) is 7.94. The molecule has 160 valence electrons. The zero-order valence-corrected chi connectivity index (χ0v) is 17.0. The van der Waals surface area contributed by atoms with Gasteiger partial charge in [-0.05, 0) is 34.9 Å². The van der Waals surface area contributed by atoms with Gasteiger partial charge in [0.2, 0.25) is 0 Å². The third-order valence-electron chi connectivity index (χ3n) is 5.92. The van der Waals surface area contributed by atoms with Gasteiger partial charge in [-0.25, -0.2) is 9.49 Å². The molecule has 1 aliphatic rings. The number of benzene rings is 3. The number of aromatic amines is 1.